The SMILES string of the molecule is CCCNC(Cc1cccc(F)c1)c1cc(Cl)ccc1I. The molecule has 0 aromatic heterocycles. The molecule has 0 bridgehead atoms. The predicted octanol–water partition coefficient (Wildman–Crippen LogP) is 5.37. The van der Waals surface area contributed by atoms with Crippen LogP contribution in [-0.2, 0) is 6.42 Å². The van der Waals surface area contributed by atoms with Crippen molar-refractivity contribution in [3.05, 3.63) is 68.0 Å². The fourth-order valence-corrected chi connectivity index (χ4v) is 3.18. The molecule has 21 heavy (non-hydrogen) atoms. The first-order valence-electron chi connectivity index (χ1n) is 7.03. The van der Waals surface area contributed by atoms with Gasteiger partial charge in [0.2, 0.25) is 0 Å². The lowest BCUT2D eigenvalue weighted by atomic mass is 9.98. The van der Waals surface area contributed by atoms with Gasteiger partial charge in [-0.2, -0.15) is 0 Å². The summed E-state index contributed by atoms with van der Waals surface area (Å²) >= 11 is 8.45. The van der Waals surface area contributed by atoms with Crippen molar-refractivity contribution in [1.29, 1.82) is 0 Å². The monoisotopic (exact) mass is 417 g/mol. The molecule has 1 atom stereocenters. The van der Waals surface area contributed by atoms with Gasteiger partial charge in [0, 0.05) is 14.6 Å². The summed E-state index contributed by atoms with van der Waals surface area (Å²) in [6, 6.07) is 12.8. The normalized spacial score (nSPS) is 12.4. The van der Waals surface area contributed by atoms with Crippen LogP contribution in [0, 0.1) is 9.39 Å². The number of halogens is 3. The molecule has 0 saturated carbocycles. The second kappa shape index (κ2) is 8.11. The lowest BCUT2D eigenvalue weighted by molar-refractivity contribution is 0.525. The molecule has 1 nitrogen and oxygen atoms in total. The second-order valence-corrected chi connectivity index (χ2v) is 6.61. The maximum atomic E-state index is 13.4. The van der Waals surface area contributed by atoms with Gasteiger partial charge >= 0.3 is 0 Å². The van der Waals surface area contributed by atoms with E-state index < -0.39 is 0 Å². The minimum Gasteiger partial charge on any atom is -0.310 e. The molecule has 0 saturated heterocycles. The maximum Gasteiger partial charge on any atom is 0.123 e. The summed E-state index contributed by atoms with van der Waals surface area (Å²) in [6.07, 6.45) is 1.80. The van der Waals surface area contributed by atoms with Crippen LogP contribution >= 0.6 is 34.2 Å². The highest BCUT2D eigenvalue weighted by molar-refractivity contribution is 14.1. The molecular formula is C17H18ClFIN. The quantitative estimate of drug-likeness (QED) is 0.623. The first-order chi connectivity index (χ1) is 10.1. The van der Waals surface area contributed by atoms with E-state index in [1.54, 1.807) is 12.1 Å². The first kappa shape index (κ1) is 16.7. The Balaban J connectivity index is 2.27. The Hall–Kier alpha value is -0.650. The van der Waals surface area contributed by atoms with Gasteiger partial charge in [0.15, 0.2) is 0 Å². The number of hydrogen-bond acceptors (Lipinski definition) is 1. The van der Waals surface area contributed by atoms with Crippen molar-refractivity contribution in [2.45, 2.75) is 25.8 Å². The molecule has 0 aliphatic rings. The average molecular weight is 418 g/mol. The number of benzene rings is 2. The highest BCUT2D eigenvalue weighted by atomic mass is 127. The minimum atomic E-state index is -0.192. The van der Waals surface area contributed by atoms with E-state index in [1.165, 1.54) is 15.2 Å². The zero-order chi connectivity index (χ0) is 15.2. The van der Waals surface area contributed by atoms with Crippen molar-refractivity contribution in [2.75, 3.05) is 6.54 Å². The van der Waals surface area contributed by atoms with Gasteiger partial charge < -0.3 is 5.32 Å². The zero-order valence-corrected chi connectivity index (χ0v) is 14.8. The summed E-state index contributed by atoms with van der Waals surface area (Å²) in [5.41, 5.74) is 2.15. The molecule has 0 aliphatic carbocycles. The van der Waals surface area contributed by atoms with Crippen LogP contribution in [0.15, 0.2) is 42.5 Å². The third kappa shape index (κ3) is 4.94. The molecule has 0 fully saturated rings. The van der Waals surface area contributed by atoms with Crippen molar-refractivity contribution in [1.82, 2.24) is 5.32 Å². The van der Waals surface area contributed by atoms with E-state index >= 15 is 0 Å². The molecular weight excluding hydrogens is 400 g/mol. The summed E-state index contributed by atoms with van der Waals surface area (Å²) in [4.78, 5) is 0. The molecule has 2 aromatic rings. The molecule has 0 radical (unpaired) electrons. The third-order valence-electron chi connectivity index (χ3n) is 3.30. The van der Waals surface area contributed by atoms with E-state index in [1.807, 2.05) is 24.3 Å². The summed E-state index contributed by atoms with van der Waals surface area (Å²) in [6.45, 7) is 3.05. The van der Waals surface area contributed by atoms with Gasteiger partial charge in [-0.3, -0.25) is 0 Å². The van der Waals surface area contributed by atoms with Gasteiger partial charge in [0.25, 0.3) is 0 Å². The Labute approximate surface area is 144 Å². The Morgan fingerprint density at radius 2 is 2.05 bits per heavy atom. The van der Waals surface area contributed by atoms with Gasteiger partial charge in [-0.05, 0) is 83.4 Å². The second-order valence-electron chi connectivity index (χ2n) is 5.01. The van der Waals surface area contributed by atoms with E-state index in [0.29, 0.717) is 0 Å². The number of nitrogens with one attached hydrogen (secondary N) is 1. The summed E-state index contributed by atoms with van der Waals surface area (Å²) in [5.74, 6) is -0.192. The standard InChI is InChI=1S/C17H18ClFIN/c1-2-8-21-17(10-12-4-3-5-14(19)9-12)15-11-13(18)6-7-16(15)20/h3-7,9,11,17,21H,2,8,10H2,1H3. The van der Waals surface area contributed by atoms with Crippen LogP contribution in [0.5, 0.6) is 0 Å². The van der Waals surface area contributed by atoms with Crippen LogP contribution in [0.4, 0.5) is 4.39 Å². The van der Waals surface area contributed by atoms with Crippen molar-refractivity contribution < 1.29 is 4.39 Å². The van der Waals surface area contributed by atoms with Crippen molar-refractivity contribution in [3.8, 4) is 0 Å². The maximum absolute atomic E-state index is 13.4. The fraction of sp³-hybridized carbons (Fsp3) is 0.294. The minimum absolute atomic E-state index is 0.136. The number of hydrogen-bond donors (Lipinski definition) is 1. The van der Waals surface area contributed by atoms with Crippen LogP contribution < -0.4 is 5.32 Å². The third-order valence-corrected chi connectivity index (χ3v) is 4.52. The van der Waals surface area contributed by atoms with Crippen LogP contribution in [0.1, 0.15) is 30.5 Å². The summed E-state index contributed by atoms with van der Waals surface area (Å²) in [5, 5.41) is 4.27. The Morgan fingerprint density at radius 3 is 2.76 bits per heavy atom. The van der Waals surface area contributed by atoms with Gasteiger partial charge in [0.1, 0.15) is 5.82 Å². The van der Waals surface area contributed by atoms with Crippen molar-refractivity contribution in [2.24, 2.45) is 0 Å². The molecule has 4 heteroatoms. The molecule has 2 rings (SSSR count). The van der Waals surface area contributed by atoms with Crippen LogP contribution in [0.25, 0.3) is 0 Å². The van der Waals surface area contributed by atoms with E-state index in [9.17, 15) is 4.39 Å². The topological polar surface area (TPSA) is 12.0 Å². The van der Waals surface area contributed by atoms with Crippen LogP contribution in [0.2, 0.25) is 5.02 Å². The Kier molecular flexibility index (Phi) is 6.45. The highest BCUT2D eigenvalue weighted by Crippen LogP contribution is 2.26. The van der Waals surface area contributed by atoms with Gasteiger partial charge in [-0.25, -0.2) is 4.39 Å². The van der Waals surface area contributed by atoms with Gasteiger partial charge in [-0.1, -0.05) is 30.7 Å². The number of rotatable bonds is 6. The molecule has 0 heterocycles. The van der Waals surface area contributed by atoms with E-state index in [2.05, 4.69) is 34.8 Å². The molecule has 1 N–H and O–H groups in total. The summed E-state index contributed by atoms with van der Waals surface area (Å²) < 4.78 is 14.5. The lowest BCUT2D eigenvalue weighted by Gasteiger charge is -2.21. The molecule has 2 aromatic carbocycles. The van der Waals surface area contributed by atoms with Crippen molar-refractivity contribution in [3.63, 3.8) is 0 Å². The van der Waals surface area contributed by atoms with Gasteiger partial charge in [-0.15, -0.1) is 0 Å². The van der Waals surface area contributed by atoms with Crippen molar-refractivity contribution >= 4 is 34.2 Å². The lowest BCUT2D eigenvalue weighted by Crippen LogP contribution is -2.25. The average Bonchev–Trinajstić information content (AvgIpc) is 2.46. The molecule has 0 spiro atoms. The predicted molar refractivity (Wildman–Crippen MR) is 95.3 cm³/mol. The van der Waals surface area contributed by atoms with E-state index in [-0.39, 0.29) is 11.9 Å². The fourth-order valence-electron chi connectivity index (χ4n) is 2.29. The molecule has 112 valence electrons. The largest absolute Gasteiger partial charge is 0.310 e. The zero-order valence-electron chi connectivity index (χ0n) is 11.9. The molecule has 0 amide bonds. The molecule has 1 unspecified atom stereocenters. The smallest absolute Gasteiger partial charge is 0.123 e. The first-order valence-corrected chi connectivity index (χ1v) is 8.48. The Morgan fingerprint density at radius 1 is 1.24 bits per heavy atom. The molecule has 0 aliphatic heterocycles. The van der Waals surface area contributed by atoms with Gasteiger partial charge in [0.05, 0.1) is 0 Å². The highest BCUT2D eigenvalue weighted by Gasteiger charge is 2.15. The van der Waals surface area contributed by atoms with Crippen LogP contribution in [-0.4, -0.2) is 6.54 Å². The van der Waals surface area contributed by atoms with E-state index in [0.717, 1.165) is 30.0 Å². The van der Waals surface area contributed by atoms with Crippen LogP contribution in [0.3, 0.4) is 0 Å². The van der Waals surface area contributed by atoms with E-state index in [4.69, 9.17) is 11.6 Å². The summed E-state index contributed by atoms with van der Waals surface area (Å²) in [7, 11) is 0. The Bertz CT molecular complexity index is 603.